The van der Waals surface area contributed by atoms with Crippen molar-refractivity contribution in [1.29, 1.82) is 0 Å². The van der Waals surface area contributed by atoms with E-state index in [1.54, 1.807) is 21.3 Å². The van der Waals surface area contributed by atoms with Crippen LogP contribution in [-0.2, 0) is 6.54 Å². The Labute approximate surface area is 132 Å². The summed E-state index contributed by atoms with van der Waals surface area (Å²) in [5, 5.41) is 0. The molecule has 0 amide bonds. The first kappa shape index (κ1) is 16.9. The summed E-state index contributed by atoms with van der Waals surface area (Å²) < 4.78 is 16.6. The minimum absolute atomic E-state index is 0.143. The SMILES string of the molecule is COc1cc2c(c(OC)c1OC)C(CN)N(CCN(C)C)C2. The van der Waals surface area contributed by atoms with Crippen molar-refractivity contribution in [2.24, 2.45) is 5.73 Å². The lowest BCUT2D eigenvalue weighted by Crippen LogP contribution is -2.33. The molecular formula is C16H27N3O3. The van der Waals surface area contributed by atoms with E-state index in [1.807, 2.05) is 6.07 Å². The van der Waals surface area contributed by atoms with Crippen molar-refractivity contribution in [2.45, 2.75) is 12.6 Å². The molecule has 0 radical (unpaired) electrons. The van der Waals surface area contributed by atoms with Crippen LogP contribution in [0.5, 0.6) is 17.2 Å². The van der Waals surface area contributed by atoms with Crippen molar-refractivity contribution in [3.63, 3.8) is 0 Å². The van der Waals surface area contributed by atoms with Gasteiger partial charge in [0.25, 0.3) is 0 Å². The van der Waals surface area contributed by atoms with Crippen LogP contribution in [0.4, 0.5) is 0 Å². The number of nitrogens with zero attached hydrogens (tertiary/aromatic N) is 2. The lowest BCUT2D eigenvalue weighted by Gasteiger charge is -2.26. The molecule has 1 aromatic carbocycles. The lowest BCUT2D eigenvalue weighted by atomic mass is 10.0. The van der Waals surface area contributed by atoms with Crippen LogP contribution in [0, 0.1) is 0 Å². The molecule has 22 heavy (non-hydrogen) atoms. The average molecular weight is 309 g/mol. The van der Waals surface area contributed by atoms with E-state index in [0.29, 0.717) is 18.0 Å². The summed E-state index contributed by atoms with van der Waals surface area (Å²) in [5.41, 5.74) is 8.37. The molecule has 0 fully saturated rings. The summed E-state index contributed by atoms with van der Waals surface area (Å²) in [6.07, 6.45) is 0. The highest BCUT2D eigenvalue weighted by Gasteiger charge is 2.35. The van der Waals surface area contributed by atoms with Crippen molar-refractivity contribution < 1.29 is 14.2 Å². The number of hydrogen-bond acceptors (Lipinski definition) is 6. The zero-order chi connectivity index (χ0) is 16.3. The smallest absolute Gasteiger partial charge is 0.203 e. The Morgan fingerprint density at radius 3 is 2.36 bits per heavy atom. The van der Waals surface area contributed by atoms with Crippen LogP contribution < -0.4 is 19.9 Å². The third-order valence-corrected chi connectivity index (χ3v) is 4.16. The fourth-order valence-electron chi connectivity index (χ4n) is 3.07. The van der Waals surface area contributed by atoms with Gasteiger partial charge < -0.3 is 24.8 Å². The Hall–Kier alpha value is -1.50. The van der Waals surface area contributed by atoms with E-state index in [1.165, 1.54) is 5.56 Å². The molecule has 2 rings (SSSR count). The van der Waals surface area contributed by atoms with Crippen LogP contribution in [0.1, 0.15) is 17.2 Å². The van der Waals surface area contributed by atoms with Crippen LogP contribution in [0.25, 0.3) is 0 Å². The first-order valence-corrected chi connectivity index (χ1v) is 7.47. The molecule has 1 heterocycles. The summed E-state index contributed by atoms with van der Waals surface area (Å²) >= 11 is 0. The van der Waals surface area contributed by atoms with Gasteiger partial charge in [-0.2, -0.15) is 0 Å². The van der Waals surface area contributed by atoms with E-state index in [9.17, 15) is 0 Å². The predicted octanol–water partition coefficient (Wildman–Crippen LogP) is 1.09. The Bertz CT molecular complexity index is 520. The summed E-state index contributed by atoms with van der Waals surface area (Å²) in [5.74, 6) is 2.07. The number of likely N-dealkylation sites (N-methyl/N-ethyl adjacent to an activating group) is 1. The fourth-order valence-corrected chi connectivity index (χ4v) is 3.07. The van der Waals surface area contributed by atoms with Gasteiger partial charge in [-0.1, -0.05) is 0 Å². The van der Waals surface area contributed by atoms with Crippen molar-refractivity contribution >= 4 is 0 Å². The number of nitrogens with two attached hydrogens (primary N) is 1. The molecule has 124 valence electrons. The highest BCUT2D eigenvalue weighted by Crippen LogP contribution is 2.48. The zero-order valence-electron chi connectivity index (χ0n) is 14.2. The number of rotatable bonds is 7. The van der Waals surface area contributed by atoms with Crippen LogP contribution in [0.3, 0.4) is 0 Å². The Balaban J connectivity index is 2.42. The highest BCUT2D eigenvalue weighted by molar-refractivity contribution is 5.61. The van der Waals surface area contributed by atoms with Gasteiger partial charge in [-0.05, 0) is 25.7 Å². The van der Waals surface area contributed by atoms with E-state index >= 15 is 0 Å². The van der Waals surface area contributed by atoms with E-state index in [0.717, 1.165) is 30.9 Å². The maximum atomic E-state index is 6.05. The second kappa shape index (κ2) is 7.17. The molecule has 6 nitrogen and oxygen atoms in total. The molecule has 0 bridgehead atoms. The van der Waals surface area contributed by atoms with E-state index in [-0.39, 0.29) is 6.04 Å². The van der Waals surface area contributed by atoms with Gasteiger partial charge in [0.15, 0.2) is 11.5 Å². The number of benzene rings is 1. The second-order valence-corrected chi connectivity index (χ2v) is 5.74. The van der Waals surface area contributed by atoms with E-state index < -0.39 is 0 Å². The van der Waals surface area contributed by atoms with Crippen molar-refractivity contribution in [3.8, 4) is 17.2 Å². The van der Waals surface area contributed by atoms with Gasteiger partial charge in [-0.15, -0.1) is 0 Å². The number of hydrogen-bond donors (Lipinski definition) is 1. The second-order valence-electron chi connectivity index (χ2n) is 5.74. The zero-order valence-corrected chi connectivity index (χ0v) is 14.2. The van der Waals surface area contributed by atoms with Crippen molar-refractivity contribution in [2.75, 3.05) is 55.1 Å². The number of fused-ring (bicyclic) bond motifs is 1. The monoisotopic (exact) mass is 309 g/mol. The van der Waals surface area contributed by atoms with Gasteiger partial charge in [0.05, 0.1) is 27.4 Å². The van der Waals surface area contributed by atoms with Gasteiger partial charge in [-0.25, -0.2) is 0 Å². The Kier molecular flexibility index (Phi) is 5.50. The topological polar surface area (TPSA) is 60.2 Å². The molecule has 1 aromatic rings. The molecule has 2 N–H and O–H groups in total. The van der Waals surface area contributed by atoms with Crippen molar-refractivity contribution in [1.82, 2.24) is 9.80 Å². The summed E-state index contributed by atoms with van der Waals surface area (Å²) in [6, 6.07) is 2.18. The molecule has 1 unspecified atom stereocenters. The maximum Gasteiger partial charge on any atom is 0.203 e. The standard InChI is InChI=1S/C16H27N3O3/c1-18(2)6-7-19-10-11-8-13(20-3)15(21-4)16(22-5)14(11)12(19)9-17/h8,12H,6-7,9-10,17H2,1-5H3. The number of ether oxygens (including phenoxy) is 3. The summed E-state index contributed by atoms with van der Waals surface area (Å²) in [4.78, 5) is 4.56. The van der Waals surface area contributed by atoms with E-state index in [2.05, 4.69) is 23.9 Å². The average Bonchev–Trinajstić information content (AvgIpc) is 2.87. The van der Waals surface area contributed by atoms with Crippen LogP contribution in [-0.4, -0.2) is 64.9 Å². The van der Waals surface area contributed by atoms with Crippen LogP contribution >= 0.6 is 0 Å². The van der Waals surface area contributed by atoms with Gasteiger partial charge in [0.2, 0.25) is 5.75 Å². The molecule has 0 aliphatic carbocycles. The van der Waals surface area contributed by atoms with Crippen LogP contribution in [0.2, 0.25) is 0 Å². The minimum Gasteiger partial charge on any atom is -0.493 e. The molecule has 6 heteroatoms. The van der Waals surface area contributed by atoms with Gasteiger partial charge in [0, 0.05) is 31.7 Å². The predicted molar refractivity (Wildman–Crippen MR) is 86.9 cm³/mol. The summed E-state index contributed by atoms with van der Waals surface area (Å²) in [7, 11) is 9.08. The fraction of sp³-hybridized carbons (Fsp3) is 0.625. The highest BCUT2D eigenvalue weighted by atomic mass is 16.5. The molecule has 1 aliphatic heterocycles. The lowest BCUT2D eigenvalue weighted by molar-refractivity contribution is 0.195. The third-order valence-electron chi connectivity index (χ3n) is 4.16. The van der Waals surface area contributed by atoms with Gasteiger partial charge >= 0.3 is 0 Å². The van der Waals surface area contributed by atoms with Gasteiger partial charge in [0.1, 0.15) is 0 Å². The normalized spacial score (nSPS) is 17.7. The molecule has 0 saturated carbocycles. The third kappa shape index (κ3) is 2.99. The molecule has 0 aromatic heterocycles. The van der Waals surface area contributed by atoms with Crippen molar-refractivity contribution in [3.05, 3.63) is 17.2 Å². The number of methoxy groups -OCH3 is 3. The molecular weight excluding hydrogens is 282 g/mol. The summed E-state index contributed by atoms with van der Waals surface area (Å²) in [6.45, 7) is 3.34. The van der Waals surface area contributed by atoms with E-state index in [4.69, 9.17) is 19.9 Å². The minimum atomic E-state index is 0.143. The van der Waals surface area contributed by atoms with Crippen LogP contribution in [0.15, 0.2) is 6.07 Å². The largest absolute Gasteiger partial charge is 0.493 e. The molecule has 1 atom stereocenters. The first-order chi connectivity index (χ1) is 10.6. The molecule has 0 spiro atoms. The first-order valence-electron chi connectivity index (χ1n) is 7.47. The Morgan fingerprint density at radius 2 is 1.86 bits per heavy atom. The quantitative estimate of drug-likeness (QED) is 0.813. The van der Waals surface area contributed by atoms with Gasteiger partial charge in [-0.3, -0.25) is 4.90 Å². The Morgan fingerprint density at radius 1 is 1.18 bits per heavy atom. The molecule has 1 aliphatic rings. The maximum absolute atomic E-state index is 6.05. The molecule has 0 saturated heterocycles.